The van der Waals surface area contributed by atoms with Crippen LogP contribution in [0.25, 0.3) is 0 Å². The van der Waals surface area contributed by atoms with Crippen molar-refractivity contribution in [2.75, 3.05) is 39.0 Å². The van der Waals surface area contributed by atoms with E-state index in [2.05, 4.69) is 35.2 Å². The van der Waals surface area contributed by atoms with E-state index in [1.54, 1.807) is 11.4 Å². The van der Waals surface area contributed by atoms with Gasteiger partial charge in [0.2, 0.25) is 10.0 Å². The van der Waals surface area contributed by atoms with Crippen molar-refractivity contribution < 1.29 is 13.2 Å². The average molecular weight is 459 g/mol. The van der Waals surface area contributed by atoms with Gasteiger partial charge in [-0.25, -0.2) is 8.42 Å². The number of benzene rings is 2. The number of aryl methyl sites for hydroxylation is 1. The molecule has 0 unspecified atom stereocenters. The Morgan fingerprint density at radius 1 is 1.09 bits per heavy atom. The fourth-order valence-corrected chi connectivity index (χ4v) is 5.98. The standard InChI is InChI=1S/C26H38N2O3S/c1-4-14-28(21-25-20-26(31-3)11-10-22(25)2)32(29,30)18-17-27-15-12-24(13-16-27)19-23-8-6-5-7-9-23/h5-11,20,24H,4,12-19,21H2,1-3H3. The maximum Gasteiger partial charge on any atom is 0.215 e. The third-order valence-corrected chi connectivity index (χ3v) is 8.31. The summed E-state index contributed by atoms with van der Waals surface area (Å²) in [5.41, 5.74) is 3.49. The van der Waals surface area contributed by atoms with Crippen LogP contribution in [-0.2, 0) is 23.0 Å². The first-order valence-corrected chi connectivity index (χ1v) is 13.4. The second-order valence-corrected chi connectivity index (χ2v) is 11.0. The van der Waals surface area contributed by atoms with Gasteiger partial charge in [0, 0.05) is 19.6 Å². The SMILES string of the molecule is CCCN(Cc1cc(OC)ccc1C)S(=O)(=O)CCN1CCC(Cc2ccccc2)CC1. The van der Waals surface area contributed by atoms with E-state index in [0.717, 1.165) is 55.6 Å². The summed E-state index contributed by atoms with van der Waals surface area (Å²) in [7, 11) is -1.69. The van der Waals surface area contributed by atoms with Gasteiger partial charge in [-0.1, -0.05) is 43.3 Å². The molecule has 3 rings (SSSR count). The lowest BCUT2D eigenvalue weighted by Gasteiger charge is -2.32. The van der Waals surface area contributed by atoms with Crippen molar-refractivity contribution in [3.63, 3.8) is 0 Å². The second-order valence-electron chi connectivity index (χ2n) is 8.92. The Bertz CT molecular complexity index is 939. The molecular formula is C26H38N2O3S. The van der Waals surface area contributed by atoms with Crippen LogP contribution in [-0.4, -0.2) is 56.7 Å². The van der Waals surface area contributed by atoms with E-state index in [-0.39, 0.29) is 5.75 Å². The number of ether oxygens (including phenoxy) is 1. The lowest BCUT2D eigenvalue weighted by molar-refractivity contribution is 0.192. The zero-order chi connectivity index (χ0) is 23.0. The number of sulfonamides is 1. The molecular weight excluding hydrogens is 420 g/mol. The number of likely N-dealkylation sites (tertiary alicyclic amines) is 1. The highest BCUT2D eigenvalue weighted by Crippen LogP contribution is 2.23. The maximum absolute atomic E-state index is 13.2. The van der Waals surface area contributed by atoms with Gasteiger partial charge in [0.25, 0.3) is 0 Å². The number of rotatable bonds is 11. The summed E-state index contributed by atoms with van der Waals surface area (Å²) >= 11 is 0. The van der Waals surface area contributed by atoms with E-state index < -0.39 is 10.0 Å². The Labute approximate surface area is 194 Å². The summed E-state index contributed by atoms with van der Waals surface area (Å²) in [6, 6.07) is 16.5. The fourth-order valence-electron chi connectivity index (χ4n) is 4.44. The molecule has 0 atom stereocenters. The molecule has 176 valence electrons. The average Bonchev–Trinajstić information content (AvgIpc) is 2.80. The van der Waals surface area contributed by atoms with Crippen molar-refractivity contribution in [3.05, 3.63) is 65.2 Å². The summed E-state index contributed by atoms with van der Waals surface area (Å²) in [5, 5.41) is 0. The van der Waals surface area contributed by atoms with Crippen LogP contribution < -0.4 is 4.74 Å². The molecule has 5 nitrogen and oxygen atoms in total. The molecule has 32 heavy (non-hydrogen) atoms. The molecule has 1 aliphatic rings. The Hall–Kier alpha value is -1.89. The lowest BCUT2D eigenvalue weighted by Crippen LogP contribution is -2.41. The molecule has 0 aromatic heterocycles. The fraction of sp³-hybridized carbons (Fsp3) is 0.538. The van der Waals surface area contributed by atoms with E-state index in [0.29, 0.717) is 25.6 Å². The molecule has 1 fully saturated rings. The van der Waals surface area contributed by atoms with Crippen LogP contribution in [0.2, 0.25) is 0 Å². The summed E-state index contributed by atoms with van der Waals surface area (Å²) in [6.45, 7) is 7.56. The monoisotopic (exact) mass is 458 g/mol. The number of hydrogen-bond acceptors (Lipinski definition) is 4. The normalized spacial score (nSPS) is 15.9. The van der Waals surface area contributed by atoms with Crippen molar-refractivity contribution in [3.8, 4) is 5.75 Å². The molecule has 1 aliphatic heterocycles. The van der Waals surface area contributed by atoms with Crippen molar-refractivity contribution in [1.82, 2.24) is 9.21 Å². The molecule has 2 aromatic carbocycles. The molecule has 0 spiro atoms. The van der Waals surface area contributed by atoms with Crippen molar-refractivity contribution in [2.24, 2.45) is 5.92 Å². The van der Waals surface area contributed by atoms with Crippen LogP contribution in [0.4, 0.5) is 0 Å². The Kier molecular flexibility index (Phi) is 9.14. The molecule has 0 amide bonds. The molecule has 0 radical (unpaired) electrons. The van der Waals surface area contributed by atoms with E-state index in [1.807, 2.05) is 32.0 Å². The van der Waals surface area contributed by atoms with E-state index >= 15 is 0 Å². The largest absolute Gasteiger partial charge is 0.497 e. The number of piperidine rings is 1. The lowest BCUT2D eigenvalue weighted by atomic mass is 9.90. The first-order chi connectivity index (χ1) is 15.4. The van der Waals surface area contributed by atoms with Crippen molar-refractivity contribution >= 4 is 10.0 Å². The molecule has 1 heterocycles. The van der Waals surface area contributed by atoms with Gasteiger partial charge in [0.05, 0.1) is 12.9 Å². The number of methoxy groups -OCH3 is 1. The van der Waals surface area contributed by atoms with E-state index in [4.69, 9.17) is 4.74 Å². The van der Waals surface area contributed by atoms with Gasteiger partial charge in [0.15, 0.2) is 0 Å². The highest BCUT2D eigenvalue weighted by molar-refractivity contribution is 7.89. The van der Waals surface area contributed by atoms with Crippen LogP contribution in [0.1, 0.15) is 42.9 Å². The second kappa shape index (κ2) is 11.8. The van der Waals surface area contributed by atoms with Gasteiger partial charge < -0.3 is 9.64 Å². The summed E-state index contributed by atoms with van der Waals surface area (Å²) in [4.78, 5) is 2.32. The van der Waals surface area contributed by atoms with Crippen molar-refractivity contribution in [2.45, 2.75) is 46.1 Å². The van der Waals surface area contributed by atoms with Gasteiger partial charge in [0.1, 0.15) is 5.75 Å². The number of nitrogens with zero attached hydrogens (tertiary/aromatic N) is 2. The van der Waals surface area contributed by atoms with Crippen molar-refractivity contribution in [1.29, 1.82) is 0 Å². The van der Waals surface area contributed by atoms with Gasteiger partial charge in [-0.15, -0.1) is 0 Å². The van der Waals surface area contributed by atoms with Crippen LogP contribution in [0.5, 0.6) is 5.75 Å². The molecule has 2 aromatic rings. The third-order valence-electron chi connectivity index (χ3n) is 6.51. The Morgan fingerprint density at radius 3 is 2.47 bits per heavy atom. The quantitative estimate of drug-likeness (QED) is 0.497. The minimum atomic E-state index is -3.33. The summed E-state index contributed by atoms with van der Waals surface area (Å²) in [6.07, 6.45) is 4.19. The van der Waals surface area contributed by atoms with E-state index in [9.17, 15) is 8.42 Å². The molecule has 0 saturated carbocycles. The molecule has 1 saturated heterocycles. The topological polar surface area (TPSA) is 49.9 Å². The highest BCUT2D eigenvalue weighted by Gasteiger charge is 2.25. The molecule has 0 N–H and O–H groups in total. The summed E-state index contributed by atoms with van der Waals surface area (Å²) < 4.78 is 33.4. The third kappa shape index (κ3) is 7.06. The van der Waals surface area contributed by atoms with Crippen LogP contribution in [0.15, 0.2) is 48.5 Å². The smallest absolute Gasteiger partial charge is 0.215 e. The molecule has 0 bridgehead atoms. The zero-order valence-corrected chi connectivity index (χ0v) is 20.6. The predicted molar refractivity (Wildman–Crippen MR) is 132 cm³/mol. The van der Waals surface area contributed by atoms with Crippen LogP contribution in [0.3, 0.4) is 0 Å². The van der Waals surface area contributed by atoms with Crippen LogP contribution >= 0.6 is 0 Å². The number of hydrogen-bond donors (Lipinski definition) is 0. The predicted octanol–water partition coefficient (Wildman–Crippen LogP) is 4.50. The minimum Gasteiger partial charge on any atom is -0.497 e. The first kappa shape index (κ1) is 24.7. The van der Waals surface area contributed by atoms with Gasteiger partial charge in [-0.05, 0) is 80.4 Å². The first-order valence-electron chi connectivity index (χ1n) is 11.8. The Balaban J connectivity index is 1.53. The Morgan fingerprint density at radius 2 is 1.81 bits per heavy atom. The summed E-state index contributed by atoms with van der Waals surface area (Å²) in [5.74, 6) is 1.63. The van der Waals surface area contributed by atoms with Gasteiger partial charge in [-0.3, -0.25) is 0 Å². The molecule has 6 heteroatoms. The molecule has 0 aliphatic carbocycles. The van der Waals surface area contributed by atoms with E-state index in [1.165, 1.54) is 5.56 Å². The zero-order valence-electron chi connectivity index (χ0n) is 19.8. The van der Waals surface area contributed by atoms with Gasteiger partial charge in [-0.2, -0.15) is 4.31 Å². The van der Waals surface area contributed by atoms with Gasteiger partial charge >= 0.3 is 0 Å². The van der Waals surface area contributed by atoms with Crippen LogP contribution in [0, 0.1) is 12.8 Å². The minimum absolute atomic E-state index is 0.180. The maximum atomic E-state index is 13.2. The highest BCUT2D eigenvalue weighted by atomic mass is 32.2.